The van der Waals surface area contributed by atoms with Crippen molar-refractivity contribution in [3.05, 3.63) is 54.2 Å². The predicted molar refractivity (Wildman–Crippen MR) is 110 cm³/mol. The summed E-state index contributed by atoms with van der Waals surface area (Å²) >= 11 is 0. The van der Waals surface area contributed by atoms with Gasteiger partial charge in [-0.2, -0.15) is 0 Å². The highest BCUT2D eigenvalue weighted by Gasteiger charge is 2.22. The molecule has 29 heavy (non-hydrogen) atoms. The lowest BCUT2D eigenvalue weighted by atomic mass is 10.1. The Morgan fingerprint density at radius 1 is 1.07 bits per heavy atom. The number of ether oxygens (including phenoxy) is 2. The first-order chi connectivity index (χ1) is 14.2. The fraction of sp³-hybridized carbons (Fsp3) is 0.304. The van der Waals surface area contributed by atoms with Gasteiger partial charge in [0.25, 0.3) is 5.91 Å². The molecule has 0 bridgehead atoms. The van der Waals surface area contributed by atoms with Crippen LogP contribution in [0.2, 0.25) is 0 Å². The molecule has 0 saturated heterocycles. The third kappa shape index (κ3) is 3.97. The van der Waals surface area contributed by atoms with Crippen molar-refractivity contribution < 1.29 is 18.7 Å². The number of carbonyl (C=O) groups excluding carboxylic acids is 1. The van der Waals surface area contributed by atoms with E-state index in [9.17, 15) is 4.79 Å². The summed E-state index contributed by atoms with van der Waals surface area (Å²) in [6.45, 7) is 0. The molecular weight excluding hydrogens is 368 g/mol. The Morgan fingerprint density at radius 3 is 2.62 bits per heavy atom. The van der Waals surface area contributed by atoms with Crippen molar-refractivity contribution in [3.8, 4) is 34.3 Å². The fourth-order valence-corrected chi connectivity index (χ4v) is 3.73. The number of hydrogen-bond acceptors (Lipinski definition) is 5. The normalized spacial score (nSPS) is 14.0. The quantitative estimate of drug-likeness (QED) is 0.658. The van der Waals surface area contributed by atoms with Crippen LogP contribution in [0, 0.1) is 0 Å². The van der Waals surface area contributed by atoms with Gasteiger partial charge in [-0.15, -0.1) is 0 Å². The molecule has 1 aliphatic carbocycles. The molecule has 2 aromatic carbocycles. The van der Waals surface area contributed by atoms with Gasteiger partial charge in [-0.1, -0.05) is 25.0 Å². The van der Waals surface area contributed by atoms with Crippen molar-refractivity contribution in [1.29, 1.82) is 0 Å². The van der Waals surface area contributed by atoms with Gasteiger partial charge < -0.3 is 19.2 Å². The molecule has 0 spiro atoms. The van der Waals surface area contributed by atoms with Gasteiger partial charge in [-0.25, -0.2) is 4.98 Å². The Labute approximate surface area is 169 Å². The smallest absolute Gasteiger partial charge is 0.252 e. The Hall–Kier alpha value is -3.28. The van der Waals surface area contributed by atoms with Crippen LogP contribution in [0.15, 0.2) is 53.1 Å². The van der Waals surface area contributed by atoms with Gasteiger partial charge in [0.15, 0.2) is 5.76 Å². The Morgan fingerprint density at radius 2 is 1.86 bits per heavy atom. The number of nitrogens with one attached hydrogen (secondary N) is 1. The molecule has 150 valence electrons. The van der Waals surface area contributed by atoms with E-state index in [0.717, 1.165) is 18.4 Å². The predicted octanol–water partition coefficient (Wildman–Crippen LogP) is 4.70. The SMILES string of the molecule is COc1ccc(-c2cnc(-c3ccccc3C(=O)NC3CCCC3)o2)c(OC)c1. The fourth-order valence-electron chi connectivity index (χ4n) is 3.73. The molecule has 1 N–H and O–H groups in total. The minimum absolute atomic E-state index is 0.0886. The summed E-state index contributed by atoms with van der Waals surface area (Å²) < 4.78 is 16.7. The number of benzene rings is 2. The van der Waals surface area contributed by atoms with Crippen LogP contribution in [0.5, 0.6) is 11.5 Å². The second-order valence-electron chi connectivity index (χ2n) is 7.10. The number of methoxy groups -OCH3 is 2. The van der Waals surface area contributed by atoms with E-state index >= 15 is 0 Å². The largest absolute Gasteiger partial charge is 0.497 e. The maximum absolute atomic E-state index is 12.8. The molecule has 1 amide bonds. The molecule has 0 radical (unpaired) electrons. The summed E-state index contributed by atoms with van der Waals surface area (Å²) in [5.41, 5.74) is 2.00. The van der Waals surface area contributed by atoms with E-state index in [2.05, 4.69) is 10.3 Å². The number of amides is 1. The molecule has 6 nitrogen and oxygen atoms in total. The summed E-state index contributed by atoms with van der Waals surface area (Å²) in [6.07, 6.45) is 6.05. The highest BCUT2D eigenvalue weighted by atomic mass is 16.5. The Kier molecular flexibility index (Phi) is 5.51. The summed E-state index contributed by atoms with van der Waals surface area (Å²) in [5, 5.41) is 3.13. The molecule has 0 atom stereocenters. The molecule has 4 rings (SSSR count). The maximum Gasteiger partial charge on any atom is 0.252 e. The highest BCUT2D eigenvalue weighted by Crippen LogP contribution is 2.35. The number of carbonyl (C=O) groups is 1. The zero-order valence-corrected chi connectivity index (χ0v) is 16.6. The van der Waals surface area contributed by atoms with Crippen molar-refractivity contribution in [2.24, 2.45) is 0 Å². The van der Waals surface area contributed by atoms with E-state index in [0.29, 0.717) is 34.3 Å². The van der Waals surface area contributed by atoms with Crippen molar-refractivity contribution >= 4 is 5.91 Å². The van der Waals surface area contributed by atoms with Crippen molar-refractivity contribution in [2.75, 3.05) is 14.2 Å². The van der Waals surface area contributed by atoms with Crippen molar-refractivity contribution in [1.82, 2.24) is 10.3 Å². The zero-order valence-electron chi connectivity index (χ0n) is 16.6. The molecular formula is C23H24N2O4. The topological polar surface area (TPSA) is 73.6 Å². The van der Waals surface area contributed by atoms with Crippen molar-refractivity contribution in [3.63, 3.8) is 0 Å². The summed E-state index contributed by atoms with van der Waals surface area (Å²) in [4.78, 5) is 17.3. The molecule has 3 aromatic rings. The molecule has 1 fully saturated rings. The van der Waals surface area contributed by atoms with Gasteiger partial charge in [0, 0.05) is 17.7 Å². The van der Waals surface area contributed by atoms with Gasteiger partial charge in [0.05, 0.1) is 31.5 Å². The molecule has 1 saturated carbocycles. The van der Waals surface area contributed by atoms with E-state index in [1.54, 1.807) is 32.5 Å². The van der Waals surface area contributed by atoms with Gasteiger partial charge in [0.2, 0.25) is 5.89 Å². The third-order valence-corrected chi connectivity index (χ3v) is 5.27. The minimum Gasteiger partial charge on any atom is -0.497 e. The standard InChI is InChI=1S/C23H24N2O4/c1-27-16-11-12-19(20(13-16)28-2)21-14-24-23(29-21)18-10-6-5-9-17(18)22(26)25-15-7-3-4-8-15/h5-6,9-15H,3-4,7-8H2,1-2H3,(H,25,26). The van der Waals surface area contributed by atoms with E-state index in [4.69, 9.17) is 13.9 Å². The molecule has 1 aliphatic rings. The highest BCUT2D eigenvalue weighted by molar-refractivity contribution is 6.00. The van der Waals surface area contributed by atoms with Crippen LogP contribution in [-0.4, -0.2) is 31.2 Å². The lowest BCUT2D eigenvalue weighted by molar-refractivity contribution is 0.0938. The van der Waals surface area contributed by atoms with Gasteiger partial charge in [-0.05, 0) is 37.1 Å². The third-order valence-electron chi connectivity index (χ3n) is 5.27. The van der Waals surface area contributed by atoms with E-state index in [1.807, 2.05) is 30.3 Å². The lowest BCUT2D eigenvalue weighted by Crippen LogP contribution is -2.32. The second kappa shape index (κ2) is 8.39. The van der Waals surface area contributed by atoms with E-state index in [-0.39, 0.29) is 11.9 Å². The molecule has 1 aromatic heterocycles. The van der Waals surface area contributed by atoms with Crippen LogP contribution in [0.3, 0.4) is 0 Å². The first-order valence-electron chi connectivity index (χ1n) is 9.78. The van der Waals surface area contributed by atoms with Gasteiger partial charge >= 0.3 is 0 Å². The summed E-state index contributed by atoms with van der Waals surface area (Å²) in [7, 11) is 3.20. The molecule has 0 aliphatic heterocycles. The average Bonchev–Trinajstić information content (AvgIpc) is 3.45. The lowest BCUT2D eigenvalue weighted by Gasteiger charge is -2.13. The molecule has 6 heteroatoms. The number of oxazole rings is 1. The summed E-state index contributed by atoms with van der Waals surface area (Å²) in [6, 6.07) is 13.1. The van der Waals surface area contributed by atoms with Gasteiger partial charge in [-0.3, -0.25) is 4.79 Å². The first kappa shape index (κ1) is 19.1. The average molecular weight is 392 g/mol. The first-order valence-corrected chi connectivity index (χ1v) is 9.78. The Bertz CT molecular complexity index is 1010. The Balaban J connectivity index is 1.64. The monoisotopic (exact) mass is 392 g/mol. The van der Waals surface area contributed by atoms with E-state index < -0.39 is 0 Å². The number of hydrogen-bond donors (Lipinski definition) is 1. The van der Waals surface area contributed by atoms with Crippen molar-refractivity contribution in [2.45, 2.75) is 31.7 Å². The number of rotatable bonds is 6. The van der Waals surface area contributed by atoms with Crippen LogP contribution >= 0.6 is 0 Å². The molecule has 1 heterocycles. The van der Waals surface area contributed by atoms with Crippen LogP contribution in [0.1, 0.15) is 36.0 Å². The van der Waals surface area contributed by atoms with Crippen LogP contribution in [-0.2, 0) is 0 Å². The van der Waals surface area contributed by atoms with Gasteiger partial charge in [0.1, 0.15) is 11.5 Å². The second-order valence-corrected chi connectivity index (χ2v) is 7.10. The number of nitrogens with zero attached hydrogens (tertiary/aromatic N) is 1. The maximum atomic E-state index is 12.8. The van der Waals surface area contributed by atoms with Crippen LogP contribution < -0.4 is 14.8 Å². The minimum atomic E-state index is -0.0886. The number of aromatic nitrogens is 1. The molecule has 0 unspecified atom stereocenters. The van der Waals surface area contributed by atoms with E-state index in [1.165, 1.54) is 12.8 Å². The van der Waals surface area contributed by atoms with Crippen LogP contribution in [0.4, 0.5) is 0 Å². The zero-order chi connectivity index (χ0) is 20.2. The van der Waals surface area contributed by atoms with Crippen LogP contribution in [0.25, 0.3) is 22.8 Å². The summed E-state index contributed by atoms with van der Waals surface area (Å²) in [5.74, 6) is 2.19.